The van der Waals surface area contributed by atoms with Crippen LogP contribution in [0.25, 0.3) is 10.9 Å². The molecule has 4 N–H and O–H groups in total. The fraction of sp³-hybridized carbons (Fsp3) is 0.100. The predicted octanol–water partition coefficient (Wildman–Crippen LogP) is 2.47. The number of anilines is 1. The van der Waals surface area contributed by atoms with E-state index in [1.165, 1.54) is 0 Å². The van der Waals surface area contributed by atoms with Gasteiger partial charge in [-0.2, -0.15) is 13.2 Å². The van der Waals surface area contributed by atoms with Gasteiger partial charge in [-0.1, -0.05) is 6.07 Å². The number of carbonyl (C=O) groups is 1. The summed E-state index contributed by atoms with van der Waals surface area (Å²) in [6.45, 7) is 0. The van der Waals surface area contributed by atoms with Gasteiger partial charge >= 0.3 is 12.1 Å². The second-order valence-electron chi connectivity index (χ2n) is 3.48. The van der Waals surface area contributed by atoms with Gasteiger partial charge in [-0.05, 0) is 12.1 Å². The Hall–Kier alpha value is -2.18. The van der Waals surface area contributed by atoms with Crippen molar-refractivity contribution in [2.45, 2.75) is 6.18 Å². The average molecular weight is 244 g/mol. The van der Waals surface area contributed by atoms with Crippen LogP contribution in [0, 0.1) is 0 Å². The van der Waals surface area contributed by atoms with Crippen molar-refractivity contribution < 1.29 is 23.1 Å². The van der Waals surface area contributed by atoms with E-state index in [4.69, 9.17) is 10.8 Å². The van der Waals surface area contributed by atoms with Crippen molar-refractivity contribution in [2.24, 2.45) is 0 Å². The third kappa shape index (κ3) is 1.79. The highest BCUT2D eigenvalue weighted by Gasteiger charge is 2.31. The lowest BCUT2D eigenvalue weighted by Gasteiger charge is -2.05. The number of benzene rings is 1. The summed E-state index contributed by atoms with van der Waals surface area (Å²) in [5.41, 5.74) is 4.37. The molecule has 2 aromatic rings. The summed E-state index contributed by atoms with van der Waals surface area (Å²) in [6, 6.07) is 2.74. The SMILES string of the molecule is Nc1[nH]c2cc(C(F)(F)F)ccc2c1C(=O)O. The van der Waals surface area contributed by atoms with E-state index in [0.717, 1.165) is 18.2 Å². The number of fused-ring (bicyclic) bond motifs is 1. The molecular weight excluding hydrogens is 237 g/mol. The van der Waals surface area contributed by atoms with Gasteiger partial charge in [0.05, 0.1) is 5.56 Å². The zero-order valence-corrected chi connectivity index (χ0v) is 8.30. The summed E-state index contributed by atoms with van der Waals surface area (Å²) >= 11 is 0. The van der Waals surface area contributed by atoms with Crippen molar-refractivity contribution in [3.63, 3.8) is 0 Å². The monoisotopic (exact) mass is 244 g/mol. The first kappa shape index (κ1) is 11.3. The molecule has 0 radical (unpaired) electrons. The van der Waals surface area contributed by atoms with Crippen molar-refractivity contribution >= 4 is 22.7 Å². The zero-order valence-electron chi connectivity index (χ0n) is 8.30. The zero-order chi connectivity index (χ0) is 12.8. The molecule has 0 spiro atoms. The molecule has 1 aromatic carbocycles. The molecule has 0 atom stereocenters. The minimum absolute atomic E-state index is 0.0507. The van der Waals surface area contributed by atoms with Gasteiger partial charge in [0, 0.05) is 10.9 Å². The molecule has 0 saturated carbocycles. The maximum atomic E-state index is 12.4. The Morgan fingerprint density at radius 2 is 2.00 bits per heavy atom. The van der Waals surface area contributed by atoms with Gasteiger partial charge in [0.1, 0.15) is 11.4 Å². The van der Waals surface area contributed by atoms with Crippen molar-refractivity contribution in [1.82, 2.24) is 4.98 Å². The minimum atomic E-state index is -4.47. The van der Waals surface area contributed by atoms with Gasteiger partial charge in [-0.3, -0.25) is 0 Å². The number of hydrogen-bond acceptors (Lipinski definition) is 2. The topological polar surface area (TPSA) is 79.1 Å². The second kappa shape index (κ2) is 3.41. The van der Waals surface area contributed by atoms with E-state index in [1.54, 1.807) is 0 Å². The number of alkyl halides is 3. The Kier molecular flexibility index (Phi) is 2.27. The second-order valence-corrected chi connectivity index (χ2v) is 3.48. The largest absolute Gasteiger partial charge is 0.478 e. The van der Waals surface area contributed by atoms with Gasteiger partial charge in [-0.25, -0.2) is 4.79 Å². The number of nitrogen functional groups attached to an aromatic ring is 1. The molecule has 0 saturated heterocycles. The summed E-state index contributed by atoms with van der Waals surface area (Å²) in [6.07, 6.45) is -4.47. The summed E-state index contributed by atoms with van der Waals surface area (Å²) < 4.78 is 37.3. The number of carboxylic acids is 1. The standard InChI is InChI=1S/C10H7F3N2O2/c11-10(12,13)4-1-2-5-6(3-4)15-8(14)7(5)9(16)17/h1-3,15H,14H2,(H,16,17). The number of carboxylic acid groups (broad SMARTS) is 1. The quantitative estimate of drug-likeness (QED) is 0.720. The molecule has 0 amide bonds. The maximum Gasteiger partial charge on any atom is 0.416 e. The number of aromatic carboxylic acids is 1. The third-order valence-corrected chi connectivity index (χ3v) is 2.37. The number of nitrogens with two attached hydrogens (primary N) is 1. The van der Waals surface area contributed by atoms with Crippen LogP contribution in [0.5, 0.6) is 0 Å². The van der Waals surface area contributed by atoms with E-state index in [2.05, 4.69) is 4.98 Å². The fourth-order valence-electron chi connectivity index (χ4n) is 1.63. The van der Waals surface area contributed by atoms with E-state index in [1.807, 2.05) is 0 Å². The van der Waals surface area contributed by atoms with Gasteiger partial charge in [0.25, 0.3) is 0 Å². The summed E-state index contributed by atoms with van der Waals surface area (Å²) in [5, 5.41) is 9.02. The van der Waals surface area contributed by atoms with Crippen LogP contribution in [-0.2, 0) is 6.18 Å². The molecule has 0 bridgehead atoms. The van der Waals surface area contributed by atoms with Crippen LogP contribution in [0.15, 0.2) is 18.2 Å². The molecule has 0 aliphatic carbocycles. The molecule has 2 rings (SSSR count). The molecule has 0 unspecified atom stereocenters. The number of rotatable bonds is 1. The summed E-state index contributed by atoms with van der Waals surface area (Å²) in [5.74, 6) is -1.44. The number of halogens is 3. The molecular formula is C10H7F3N2O2. The predicted molar refractivity (Wildman–Crippen MR) is 54.7 cm³/mol. The first-order valence-electron chi connectivity index (χ1n) is 4.52. The van der Waals surface area contributed by atoms with Crippen LogP contribution in [0.2, 0.25) is 0 Å². The van der Waals surface area contributed by atoms with Crippen LogP contribution in [0.1, 0.15) is 15.9 Å². The number of aromatic nitrogens is 1. The van der Waals surface area contributed by atoms with Crippen molar-refractivity contribution in [3.8, 4) is 0 Å². The van der Waals surface area contributed by atoms with E-state index in [-0.39, 0.29) is 22.3 Å². The van der Waals surface area contributed by atoms with Gasteiger partial charge in [-0.15, -0.1) is 0 Å². The van der Waals surface area contributed by atoms with Crippen LogP contribution < -0.4 is 5.73 Å². The van der Waals surface area contributed by atoms with Gasteiger partial charge < -0.3 is 15.8 Å². The first-order valence-corrected chi connectivity index (χ1v) is 4.52. The third-order valence-electron chi connectivity index (χ3n) is 2.37. The van der Waals surface area contributed by atoms with Crippen molar-refractivity contribution in [2.75, 3.05) is 5.73 Å². The molecule has 17 heavy (non-hydrogen) atoms. The summed E-state index contributed by atoms with van der Waals surface area (Å²) in [7, 11) is 0. The minimum Gasteiger partial charge on any atom is -0.478 e. The Morgan fingerprint density at radius 3 is 2.53 bits per heavy atom. The Balaban J connectivity index is 2.70. The first-order chi connectivity index (χ1) is 7.80. The summed E-state index contributed by atoms with van der Waals surface area (Å²) in [4.78, 5) is 13.3. The van der Waals surface area contributed by atoms with Crippen molar-refractivity contribution in [1.29, 1.82) is 0 Å². The van der Waals surface area contributed by atoms with E-state index in [9.17, 15) is 18.0 Å². The van der Waals surface area contributed by atoms with E-state index < -0.39 is 17.7 Å². The molecule has 4 nitrogen and oxygen atoms in total. The normalized spacial score (nSPS) is 11.9. The lowest BCUT2D eigenvalue weighted by molar-refractivity contribution is -0.137. The van der Waals surface area contributed by atoms with Crippen LogP contribution in [0.4, 0.5) is 19.0 Å². The van der Waals surface area contributed by atoms with Crippen molar-refractivity contribution in [3.05, 3.63) is 29.3 Å². The molecule has 0 fully saturated rings. The lowest BCUT2D eigenvalue weighted by Crippen LogP contribution is -2.04. The van der Waals surface area contributed by atoms with Crippen LogP contribution in [0.3, 0.4) is 0 Å². The van der Waals surface area contributed by atoms with E-state index in [0.29, 0.717) is 0 Å². The highest BCUT2D eigenvalue weighted by atomic mass is 19.4. The smallest absolute Gasteiger partial charge is 0.416 e. The average Bonchev–Trinajstić information content (AvgIpc) is 2.50. The Bertz CT molecular complexity index is 601. The number of H-pyrrole nitrogens is 1. The number of hydrogen-bond donors (Lipinski definition) is 3. The molecule has 1 heterocycles. The Labute approximate surface area is 92.8 Å². The van der Waals surface area contributed by atoms with Gasteiger partial charge in [0.15, 0.2) is 0 Å². The molecule has 0 aliphatic rings. The van der Waals surface area contributed by atoms with Gasteiger partial charge in [0.2, 0.25) is 0 Å². The lowest BCUT2D eigenvalue weighted by atomic mass is 10.1. The highest BCUT2D eigenvalue weighted by Crippen LogP contribution is 2.33. The fourth-order valence-corrected chi connectivity index (χ4v) is 1.63. The molecule has 7 heteroatoms. The van der Waals surface area contributed by atoms with Crippen LogP contribution in [-0.4, -0.2) is 16.1 Å². The molecule has 0 aliphatic heterocycles. The number of aromatic amines is 1. The van der Waals surface area contributed by atoms with E-state index >= 15 is 0 Å². The maximum absolute atomic E-state index is 12.4. The Morgan fingerprint density at radius 1 is 1.35 bits per heavy atom. The molecule has 90 valence electrons. The molecule has 1 aromatic heterocycles. The van der Waals surface area contributed by atoms with Crippen LogP contribution >= 0.6 is 0 Å². The highest BCUT2D eigenvalue weighted by molar-refractivity contribution is 6.08. The number of nitrogens with one attached hydrogen (secondary N) is 1.